The summed E-state index contributed by atoms with van der Waals surface area (Å²) in [5.74, 6) is 0. The van der Waals surface area contributed by atoms with Gasteiger partial charge in [0, 0.05) is 6.42 Å². The summed E-state index contributed by atoms with van der Waals surface area (Å²) >= 11 is 0. The van der Waals surface area contributed by atoms with Crippen molar-refractivity contribution in [2.75, 3.05) is 13.2 Å². The summed E-state index contributed by atoms with van der Waals surface area (Å²) in [4.78, 5) is 0. The molecule has 0 aliphatic carbocycles. The van der Waals surface area contributed by atoms with Crippen LogP contribution in [0.1, 0.15) is 18.9 Å². The van der Waals surface area contributed by atoms with E-state index in [0.717, 1.165) is 5.56 Å². The molecule has 2 nitrogen and oxygen atoms in total. The minimum absolute atomic E-state index is 0.219. The van der Waals surface area contributed by atoms with Crippen LogP contribution in [-0.4, -0.2) is 24.0 Å². The van der Waals surface area contributed by atoms with Gasteiger partial charge in [-0.25, -0.2) is 4.39 Å². The van der Waals surface area contributed by atoms with Gasteiger partial charge < -0.3 is 9.84 Å². The van der Waals surface area contributed by atoms with Gasteiger partial charge in [0.25, 0.3) is 0 Å². The van der Waals surface area contributed by atoms with Crippen molar-refractivity contribution in [3.63, 3.8) is 0 Å². The lowest BCUT2D eigenvalue weighted by molar-refractivity contribution is 0.0333. The number of ether oxygens (including phenoxy) is 1. The van der Waals surface area contributed by atoms with Crippen LogP contribution in [0, 0.1) is 0 Å². The molecule has 0 saturated carbocycles. The topological polar surface area (TPSA) is 29.5 Å². The minimum Gasteiger partial charge on any atom is -0.393 e. The first-order valence-corrected chi connectivity index (χ1v) is 5.05. The van der Waals surface area contributed by atoms with Crippen LogP contribution in [0.25, 0.3) is 0 Å². The fraction of sp³-hybridized carbons (Fsp3) is 0.500. The van der Waals surface area contributed by atoms with Crippen LogP contribution < -0.4 is 0 Å². The molecule has 0 aliphatic rings. The molecule has 0 amide bonds. The highest BCUT2D eigenvalue weighted by Crippen LogP contribution is 2.14. The van der Waals surface area contributed by atoms with E-state index in [2.05, 4.69) is 0 Å². The predicted molar refractivity (Wildman–Crippen MR) is 57.3 cm³/mol. The van der Waals surface area contributed by atoms with E-state index in [4.69, 9.17) is 9.84 Å². The Bertz CT molecular complexity index is 272. The van der Waals surface area contributed by atoms with E-state index in [9.17, 15) is 4.39 Å². The second kappa shape index (κ2) is 5.83. The zero-order valence-electron chi connectivity index (χ0n) is 8.95. The molecule has 0 saturated heterocycles. The summed E-state index contributed by atoms with van der Waals surface area (Å²) in [5, 5.41) is 8.68. The van der Waals surface area contributed by atoms with E-state index in [-0.39, 0.29) is 6.42 Å². The number of aliphatic hydroxyl groups excluding tert-OH is 1. The average molecular weight is 212 g/mol. The Kier molecular flexibility index (Phi) is 4.72. The van der Waals surface area contributed by atoms with E-state index in [1.807, 2.05) is 30.3 Å². The first kappa shape index (κ1) is 12.1. The fourth-order valence-electron chi connectivity index (χ4n) is 1.13. The second-order valence-corrected chi connectivity index (χ2v) is 3.86. The lowest BCUT2D eigenvalue weighted by Gasteiger charge is -2.16. The van der Waals surface area contributed by atoms with Crippen molar-refractivity contribution >= 4 is 0 Å². The molecule has 0 heterocycles. The molecule has 0 aromatic heterocycles. The van der Waals surface area contributed by atoms with Gasteiger partial charge in [-0.15, -0.1) is 0 Å². The van der Waals surface area contributed by atoms with Crippen molar-refractivity contribution in [2.45, 2.75) is 25.6 Å². The number of benzene rings is 1. The quantitative estimate of drug-likeness (QED) is 0.733. The molecule has 0 fully saturated rings. The monoisotopic (exact) mass is 212 g/mol. The van der Waals surface area contributed by atoms with Crippen molar-refractivity contribution in [2.24, 2.45) is 0 Å². The van der Waals surface area contributed by atoms with E-state index >= 15 is 0 Å². The Morgan fingerprint density at radius 3 is 2.60 bits per heavy atom. The van der Waals surface area contributed by atoms with Gasteiger partial charge in [-0.2, -0.15) is 0 Å². The Morgan fingerprint density at radius 2 is 2.00 bits per heavy atom. The van der Waals surface area contributed by atoms with Gasteiger partial charge in [0.1, 0.15) is 5.67 Å². The SMILES string of the molecule is CC(F)(CO)CCOCc1ccccc1. The molecule has 0 aliphatic heterocycles. The summed E-state index contributed by atoms with van der Waals surface area (Å²) in [5.41, 5.74) is -0.460. The second-order valence-electron chi connectivity index (χ2n) is 3.86. The van der Waals surface area contributed by atoms with Gasteiger partial charge in [-0.3, -0.25) is 0 Å². The summed E-state index contributed by atoms with van der Waals surface area (Å²) in [6.45, 7) is 1.73. The molecule has 1 aromatic rings. The van der Waals surface area contributed by atoms with Gasteiger partial charge >= 0.3 is 0 Å². The van der Waals surface area contributed by atoms with Gasteiger partial charge in [0.05, 0.1) is 19.8 Å². The first-order chi connectivity index (χ1) is 7.14. The molecule has 1 aromatic carbocycles. The summed E-state index contributed by atoms with van der Waals surface area (Å²) in [6, 6.07) is 9.73. The zero-order chi connectivity index (χ0) is 11.1. The molecule has 0 bridgehead atoms. The van der Waals surface area contributed by atoms with E-state index < -0.39 is 12.3 Å². The smallest absolute Gasteiger partial charge is 0.133 e. The van der Waals surface area contributed by atoms with Gasteiger partial charge in [-0.05, 0) is 12.5 Å². The first-order valence-electron chi connectivity index (χ1n) is 5.05. The highest BCUT2D eigenvalue weighted by atomic mass is 19.1. The molecule has 1 rings (SSSR count). The minimum atomic E-state index is -1.53. The van der Waals surface area contributed by atoms with E-state index in [1.165, 1.54) is 6.92 Å². The lowest BCUT2D eigenvalue weighted by atomic mass is 10.1. The van der Waals surface area contributed by atoms with Crippen LogP contribution in [0.15, 0.2) is 30.3 Å². The number of halogens is 1. The predicted octanol–water partition coefficient (Wildman–Crippen LogP) is 2.31. The lowest BCUT2D eigenvalue weighted by Crippen LogP contribution is -2.25. The summed E-state index contributed by atoms with van der Waals surface area (Å²) in [7, 11) is 0. The molecule has 84 valence electrons. The summed E-state index contributed by atoms with van der Waals surface area (Å²) < 4.78 is 18.5. The Labute approximate surface area is 89.7 Å². The zero-order valence-corrected chi connectivity index (χ0v) is 8.95. The normalized spacial score (nSPS) is 14.9. The molecule has 0 radical (unpaired) electrons. The fourth-order valence-corrected chi connectivity index (χ4v) is 1.13. The van der Waals surface area contributed by atoms with Crippen LogP contribution in [0.2, 0.25) is 0 Å². The number of hydrogen-bond donors (Lipinski definition) is 1. The molecule has 3 heteroatoms. The molecule has 1 N–H and O–H groups in total. The Balaban J connectivity index is 2.18. The standard InChI is InChI=1S/C12H17FO2/c1-12(13,10-14)7-8-15-9-11-5-3-2-4-6-11/h2-6,14H,7-10H2,1H3. The third-order valence-electron chi connectivity index (χ3n) is 2.21. The largest absolute Gasteiger partial charge is 0.393 e. The summed E-state index contributed by atoms with van der Waals surface area (Å²) in [6.07, 6.45) is 0.219. The highest BCUT2D eigenvalue weighted by Gasteiger charge is 2.21. The van der Waals surface area contributed by atoms with Crippen molar-refractivity contribution in [1.82, 2.24) is 0 Å². The van der Waals surface area contributed by atoms with Crippen LogP contribution in [0.3, 0.4) is 0 Å². The molecule has 1 atom stereocenters. The Hall–Kier alpha value is -0.930. The number of aliphatic hydroxyl groups is 1. The molecule has 15 heavy (non-hydrogen) atoms. The molecular formula is C12H17FO2. The third kappa shape index (κ3) is 4.91. The maximum Gasteiger partial charge on any atom is 0.133 e. The van der Waals surface area contributed by atoms with Crippen LogP contribution in [0.4, 0.5) is 4.39 Å². The third-order valence-corrected chi connectivity index (χ3v) is 2.21. The van der Waals surface area contributed by atoms with Crippen LogP contribution in [-0.2, 0) is 11.3 Å². The highest BCUT2D eigenvalue weighted by molar-refractivity contribution is 5.13. The van der Waals surface area contributed by atoms with E-state index in [1.54, 1.807) is 0 Å². The van der Waals surface area contributed by atoms with E-state index in [0.29, 0.717) is 13.2 Å². The van der Waals surface area contributed by atoms with Crippen molar-refractivity contribution in [1.29, 1.82) is 0 Å². The maximum absolute atomic E-state index is 13.2. The number of hydrogen-bond acceptors (Lipinski definition) is 2. The van der Waals surface area contributed by atoms with Crippen molar-refractivity contribution in [3.05, 3.63) is 35.9 Å². The van der Waals surface area contributed by atoms with Gasteiger partial charge in [-0.1, -0.05) is 30.3 Å². The van der Waals surface area contributed by atoms with Crippen LogP contribution in [0.5, 0.6) is 0 Å². The van der Waals surface area contributed by atoms with Gasteiger partial charge in [0.2, 0.25) is 0 Å². The molecule has 1 unspecified atom stereocenters. The molecule has 0 spiro atoms. The number of rotatable bonds is 6. The van der Waals surface area contributed by atoms with Crippen molar-refractivity contribution in [3.8, 4) is 0 Å². The van der Waals surface area contributed by atoms with Gasteiger partial charge in [0.15, 0.2) is 0 Å². The Morgan fingerprint density at radius 1 is 1.33 bits per heavy atom. The molecular weight excluding hydrogens is 195 g/mol. The number of alkyl halides is 1. The maximum atomic E-state index is 13.2. The average Bonchev–Trinajstić information content (AvgIpc) is 2.26. The van der Waals surface area contributed by atoms with Crippen LogP contribution >= 0.6 is 0 Å². The van der Waals surface area contributed by atoms with Crippen molar-refractivity contribution < 1.29 is 14.2 Å².